The number of rotatable bonds is 3. The predicted molar refractivity (Wildman–Crippen MR) is 59.9 cm³/mol. The van der Waals surface area contributed by atoms with E-state index in [9.17, 15) is 36.3 Å². The number of halogens is 6. The molecule has 0 aromatic heterocycles. The molecule has 0 aliphatic rings. The first-order chi connectivity index (χ1) is 9.80. The van der Waals surface area contributed by atoms with Crippen LogP contribution in [0.5, 0.6) is 5.75 Å². The van der Waals surface area contributed by atoms with Gasteiger partial charge in [0.15, 0.2) is 0 Å². The third-order valence-corrected chi connectivity index (χ3v) is 2.81. The van der Waals surface area contributed by atoms with Crippen LogP contribution in [0, 0.1) is 10.6 Å². The number of alkyl halides is 6. The number of hydrogen-bond donors (Lipinski definition) is 1. The van der Waals surface area contributed by atoms with Crippen LogP contribution < -0.4 is 9.96 Å². The molecule has 22 heavy (non-hydrogen) atoms. The Morgan fingerprint density at radius 3 is 1.82 bits per heavy atom. The number of benzene rings is 1. The van der Waals surface area contributed by atoms with Crippen molar-refractivity contribution in [3.63, 3.8) is 0 Å². The molecule has 0 saturated heterocycles. The molecule has 0 atom stereocenters. The van der Waals surface area contributed by atoms with E-state index in [4.69, 9.17) is 5.21 Å². The highest BCUT2D eigenvalue weighted by Gasteiger charge is 2.73. The zero-order valence-corrected chi connectivity index (χ0v) is 10.7. The van der Waals surface area contributed by atoms with Crippen molar-refractivity contribution in [3.8, 4) is 5.75 Å². The van der Waals surface area contributed by atoms with Gasteiger partial charge in [-0.05, 0) is 31.2 Å². The molecular weight excluding hydrogens is 324 g/mol. The van der Waals surface area contributed by atoms with Crippen molar-refractivity contribution < 1.29 is 41.1 Å². The summed E-state index contributed by atoms with van der Waals surface area (Å²) in [5, 5.41) is 18.4. The van der Waals surface area contributed by atoms with Gasteiger partial charge in [-0.15, -0.1) is 0 Å². The maximum atomic E-state index is 12.6. The number of esters is 1. The van der Waals surface area contributed by atoms with Crippen molar-refractivity contribution in [2.45, 2.75) is 19.3 Å². The van der Waals surface area contributed by atoms with Gasteiger partial charge in [-0.25, -0.2) is 0 Å². The molecule has 0 unspecified atom stereocenters. The van der Waals surface area contributed by atoms with Crippen LogP contribution >= 0.6 is 0 Å². The maximum Gasteiger partial charge on any atom is 0.413 e. The fraction of sp³-hybridized carbons (Fsp3) is 0.364. The number of anilines is 1. The highest BCUT2D eigenvalue weighted by molar-refractivity contribution is 5.80. The van der Waals surface area contributed by atoms with Crippen LogP contribution in [0.1, 0.15) is 6.92 Å². The smallest absolute Gasteiger partial charge is 0.413 e. The van der Waals surface area contributed by atoms with Gasteiger partial charge in [0.2, 0.25) is 0 Å². The van der Waals surface area contributed by atoms with Crippen molar-refractivity contribution >= 4 is 11.7 Å². The first kappa shape index (κ1) is 18.0. The Balaban J connectivity index is 3.08. The lowest BCUT2D eigenvalue weighted by atomic mass is 9.89. The van der Waals surface area contributed by atoms with Gasteiger partial charge in [-0.2, -0.15) is 26.3 Å². The molecule has 0 fully saturated rings. The average molecular weight is 332 g/mol. The fourth-order valence-corrected chi connectivity index (χ4v) is 1.24. The van der Waals surface area contributed by atoms with Crippen LogP contribution in [-0.2, 0) is 4.79 Å². The first-order valence-corrected chi connectivity index (χ1v) is 5.42. The lowest BCUT2D eigenvalue weighted by molar-refractivity contribution is -0.323. The molecule has 1 aromatic rings. The second-order valence-corrected chi connectivity index (χ2v) is 4.28. The molecule has 5 nitrogen and oxygen atoms in total. The van der Waals surface area contributed by atoms with Crippen LogP contribution in [0.2, 0.25) is 0 Å². The highest BCUT2D eigenvalue weighted by Crippen LogP contribution is 2.50. The summed E-state index contributed by atoms with van der Waals surface area (Å²) in [7, 11) is 0. The Hall–Kier alpha value is -2.01. The average Bonchev–Trinajstić information content (AvgIpc) is 2.35. The van der Waals surface area contributed by atoms with Gasteiger partial charge in [0.1, 0.15) is 5.75 Å². The Labute approximate surface area is 119 Å². The SMILES string of the molecule is CC(C(=O)Oc1ccc(N([O-])O)cc1)(C(F)(F)F)C(F)(F)F. The van der Waals surface area contributed by atoms with Gasteiger partial charge < -0.3 is 15.2 Å². The van der Waals surface area contributed by atoms with E-state index < -0.39 is 34.7 Å². The van der Waals surface area contributed by atoms with Crippen LogP contribution in [0.3, 0.4) is 0 Å². The molecule has 0 aliphatic carbocycles. The minimum absolute atomic E-state index is 0.337. The summed E-state index contributed by atoms with van der Waals surface area (Å²) in [6, 6.07) is 3.16. The standard InChI is InChI=1S/C11H8F6NO4/c1-9(10(12,13)14,11(15,16)17)8(19)22-7-4-2-6(3-5-7)18(20)21/h2-5,20H,1H3/q-1. The summed E-state index contributed by atoms with van der Waals surface area (Å²) in [5.41, 5.74) is -5.07. The Bertz CT molecular complexity index is 523. The molecule has 0 saturated carbocycles. The molecular formula is C11H8F6NO4-. The Kier molecular flexibility index (Phi) is 4.63. The molecule has 0 heterocycles. The zero-order chi connectivity index (χ0) is 17.3. The Morgan fingerprint density at radius 1 is 1.09 bits per heavy atom. The Morgan fingerprint density at radius 2 is 1.50 bits per heavy atom. The van der Waals surface area contributed by atoms with Gasteiger partial charge in [0.05, 0.1) is 5.69 Å². The summed E-state index contributed by atoms with van der Waals surface area (Å²) >= 11 is 0. The molecule has 1 N–H and O–H groups in total. The number of hydrogen-bond acceptors (Lipinski definition) is 5. The monoisotopic (exact) mass is 332 g/mol. The van der Waals surface area contributed by atoms with E-state index in [2.05, 4.69) is 4.74 Å². The number of carbonyl (C=O) groups is 1. The molecule has 0 spiro atoms. The third-order valence-electron chi connectivity index (χ3n) is 2.81. The number of ether oxygens (including phenoxy) is 1. The molecule has 0 radical (unpaired) electrons. The van der Waals surface area contributed by atoms with E-state index in [1.165, 1.54) is 0 Å². The third kappa shape index (κ3) is 3.25. The van der Waals surface area contributed by atoms with Gasteiger partial charge >= 0.3 is 18.3 Å². The van der Waals surface area contributed by atoms with Crippen molar-refractivity contribution in [1.82, 2.24) is 0 Å². The van der Waals surface area contributed by atoms with E-state index in [1.807, 2.05) is 0 Å². The second-order valence-electron chi connectivity index (χ2n) is 4.28. The van der Waals surface area contributed by atoms with Gasteiger partial charge in [0.25, 0.3) is 5.41 Å². The molecule has 1 rings (SSSR count). The van der Waals surface area contributed by atoms with E-state index in [1.54, 1.807) is 0 Å². The lowest BCUT2D eigenvalue weighted by Gasteiger charge is -2.31. The van der Waals surface area contributed by atoms with Crippen molar-refractivity contribution in [3.05, 3.63) is 29.5 Å². The maximum absolute atomic E-state index is 12.6. The van der Waals surface area contributed by atoms with Gasteiger partial charge in [-0.3, -0.25) is 10.0 Å². The van der Waals surface area contributed by atoms with Crippen molar-refractivity contribution in [1.29, 1.82) is 0 Å². The summed E-state index contributed by atoms with van der Waals surface area (Å²) in [6.07, 6.45) is -11.8. The van der Waals surface area contributed by atoms with Crippen LogP contribution in [0.25, 0.3) is 0 Å². The quantitative estimate of drug-likeness (QED) is 0.397. The summed E-state index contributed by atoms with van der Waals surface area (Å²) in [6.45, 7) is -0.337. The first-order valence-electron chi connectivity index (χ1n) is 5.42. The molecule has 0 amide bonds. The van der Waals surface area contributed by atoms with E-state index in [0.717, 1.165) is 24.3 Å². The molecule has 124 valence electrons. The second kappa shape index (κ2) is 5.65. The van der Waals surface area contributed by atoms with E-state index in [0.29, 0.717) is 0 Å². The number of nitrogens with zero attached hydrogens (tertiary/aromatic N) is 1. The lowest BCUT2D eigenvalue weighted by Crippen LogP contribution is -2.55. The minimum Gasteiger partial charge on any atom is -0.733 e. The summed E-state index contributed by atoms with van der Waals surface area (Å²) < 4.78 is 79.8. The van der Waals surface area contributed by atoms with E-state index in [-0.39, 0.29) is 12.6 Å². The van der Waals surface area contributed by atoms with Crippen LogP contribution in [-0.4, -0.2) is 23.5 Å². The largest absolute Gasteiger partial charge is 0.733 e. The molecule has 11 heteroatoms. The summed E-state index contributed by atoms with van der Waals surface area (Å²) in [4.78, 5) is 11.4. The normalized spacial score (nSPS) is 13.0. The topological polar surface area (TPSA) is 72.8 Å². The zero-order valence-electron chi connectivity index (χ0n) is 10.7. The highest BCUT2D eigenvalue weighted by atomic mass is 19.4. The van der Waals surface area contributed by atoms with Gasteiger partial charge in [-0.1, -0.05) is 0 Å². The molecule has 0 bridgehead atoms. The van der Waals surface area contributed by atoms with Crippen LogP contribution in [0.15, 0.2) is 24.3 Å². The predicted octanol–water partition coefficient (Wildman–Crippen LogP) is 3.42. The number of carbonyl (C=O) groups excluding carboxylic acids is 1. The van der Waals surface area contributed by atoms with Crippen molar-refractivity contribution in [2.24, 2.45) is 5.41 Å². The van der Waals surface area contributed by atoms with Gasteiger partial charge in [0, 0.05) is 0 Å². The minimum atomic E-state index is -5.92. The van der Waals surface area contributed by atoms with Crippen LogP contribution in [0.4, 0.5) is 32.0 Å². The molecule has 1 aromatic carbocycles. The van der Waals surface area contributed by atoms with Crippen molar-refractivity contribution in [2.75, 3.05) is 5.23 Å². The molecule has 0 aliphatic heterocycles. The fourth-order valence-electron chi connectivity index (χ4n) is 1.24. The van der Waals surface area contributed by atoms with E-state index >= 15 is 0 Å². The summed E-state index contributed by atoms with van der Waals surface area (Å²) in [5.74, 6) is -3.22.